The van der Waals surface area contributed by atoms with Gasteiger partial charge in [0, 0.05) is 31.4 Å². The maximum Gasteiger partial charge on any atom is 0.108 e. The number of hydrogen-bond acceptors (Lipinski definition) is 2. The Morgan fingerprint density at radius 2 is 2.00 bits per heavy atom. The average Bonchev–Trinajstić information content (AvgIpc) is 2.56. The maximum atomic E-state index is 4.32. The second-order valence-corrected chi connectivity index (χ2v) is 5.44. The van der Waals surface area contributed by atoms with Gasteiger partial charge in [0.25, 0.3) is 0 Å². The predicted octanol–water partition coefficient (Wildman–Crippen LogP) is 2.52. The van der Waals surface area contributed by atoms with Gasteiger partial charge in [-0.3, -0.25) is 0 Å². The normalized spacial score (nSPS) is 12.0. The van der Waals surface area contributed by atoms with Gasteiger partial charge < -0.3 is 9.88 Å². The number of aryl methyl sites for hydroxylation is 2. The molecule has 0 radical (unpaired) electrons. The van der Waals surface area contributed by atoms with Crippen molar-refractivity contribution >= 4 is 0 Å². The molecule has 0 aromatic carbocycles. The van der Waals surface area contributed by atoms with Crippen LogP contribution in [0.25, 0.3) is 0 Å². The summed E-state index contributed by atoms with van der Waals surface area (Å²) >= 11 is 0. The van der Waals surface area contributed by atoms with Crippen LogP contribution in [0.15, 0.2) is 12.4 Å². The van der Waals surface area contributed by atoms with Crippen molar-refractivity contribution in [2.45, 2.75) is 52.0 Å². The lowest BCUT2D eigenvalue weighted by atomic mass is 10.1. The first-order valence-corrected chi connectivity index (χ1v) is 6.20. The molecule has 0 aliphatic carbocycles. The van der Waals surface area contributed by atoms with Gasteiger partial charge in [-0.1, -0.05) is 6.42 Å². The number of aromatic nitrogens is 2. The average molecular weight is 223 g/mol. The van der Waals surface area contributed by atoms with E-state index in [1.165, 1.54) is 25.1 Å². The number of rotatable bonds is 6. The Morgan fingerprint density at radius 1 is 1.25 bits per heavy atom. The molecule has 1 heterocycles. The largest absolute Gasteiger partial charge is 0.338 e. The molecule has 0 saturated heterocycles. The summed E-state index contributed by atoms with van der Waals surface area (Å²) in [7, 11) is 2.06. The number of nitrogens with zero attached hydrogens (tertiary/aromatic N) is 2. The van der Waals surface area contributed by atoms with Crippen molar-refractivity contribution < 1.29 is 0 Å². The number of unbranched alkanes of at least 4 members (excludes halogenated alkanes) is 2. The highest BCUT2D eigenvalue weighted by Crippen LogP contribution is 2.04. The Hall–Kier alpha value is -0.830. The van der Waals surface area contributed by atoms with E-state index in [-0.39, 0.29) is 5.54 Å². The van der Waals surface area contributed by atoms with Gasteiger partial charge in [0.1, 0.15) is 5.82 Å². The highest BCUT2D eigenvalue weighted by Gasteiger charge is 2.07. The van der Waals surface area contributed by atoms with E-state index >= 15 is 0 Å². The van der Waals surface area contributed by atoms with Crippen LogP contribution in [0.1, 0.15) is 45.9 Å². The van der Waals surface area contributed by atoms with Gasteiger partial charge in [0.2, 0.25) is 0 Å². The minimum absolute atomic E-state index is 0.250. The zero-order valence-electron chi connectivity index (χ0n) is 11.1. The molecule has 1 aromatic rings. The lowest BCUT2D eigenvalue weighted by molar-refractivity contribution is 0.416. The first-order valence-electron chi connectivity index (χ1n) is 6.20. The van der Waals surface area contributed by atoms with E-state index in [1.54, 1.807) is 0 Å². The zero-order chi connectivity index (χ0) is 12.0. The lowest BCUT2D eigenvalue weighted by Crippen LogP contribution is -2.36. The summed E-state index contributed by atoms with van der Waals surface area (Å²) in [5, 5.41) is 3.51. The molecule has 0 atom stereocenters. The van der Waals surface area contributed by atoms with Crippen molar-refractivity contribution in [3.63, 3.8) is 0 Å². The van der Waals surface area contributed by atoms with Gasteiger partial charge >= 0.3 is 0 Å². The molecular formula is C13H25N3. The molecule has 3 heteroatoms. The molecule has 0 aliphatic rings. The Bertz CT molecular complexity index is 296. The lowest BCUT2D eigenvalue weighted by Gasteiger charge is -2.20. The van der Waals surface area contributed by atoms with Crippen LogP contribution < -0.4 is 5.32 Å². The molecule has 0 aliphatic heterocycles. The third-order valence-electron chi connectivity index (χ3n) is 2.65. The van der Waals surface area contributed by atoms with Gasteiger partial charge in [-0.25, -0.2) is 4.98 Å². The monoisotopic (exact) mass is 223 g/mol. The van der Waals surface area contributed by atoms with Crippen LogP contribution in [0.3, 0.4) is 0 Å². The molecular weight excluding hydrogens is 198 g/mol. The van der Waals surface area contributed by atoms with E-state index in [1.807, 2.05) is 12.4 Å². The molecule has 92 valence electrons. The van der Waals surface area contributed by atoms with Crippen LogP contribution >= 0.6 is 0 Å². The van der Waals surface area contributed by atoms with Gasteiger partial charge in [-0.15, -0.1) is 0 Å². The van der Waals surface area contributed by atoms with E-state index in [9.17, 15) is 0 Å². The van der Waals surface area contributed by atoms with E-state index in [4.69, 9.17) is 0 Å². The fourth-order valence-electron chi connectivity index (χ4n) is 1.69. The molecule has 0 saturated carbocycles. The van der Waals surface area contributed by atoms with Crippen molar-refractivity contribution in [3.8, 4) is 0 Å². The van der Waals surface area contributed by atoms with E-state index in [2.05, 4.69) is 42.7 Å². The highest BCUT2D eigenvalue weighted by atomic mass is 15.0. The molecule has 1 N–H and O–H groups in total. The Morgan fingerprint density at radius 3 is 2.56 bits per heavy atom. The second-order valence-electron chi connectivity index (χ2n) is 5.44. The Balaban J connectivity index is 2.03. The highest BCUT2D eigenvalue weighted by molar-refractivity contribution is 4.90. The third-order valence-corrected chi connectivity index (χ3v) is 2.65. The van der Waals surface area contributed by atoms with Crippen molar-refractivity contribution in [3.05, 3.63) is 18.2 Å². The Kier molecular flexibility index (Phi) is 5.00. The summed E-state index contributed by atoms with van der Waals surface area (Å²) in [5.41, 5.74) is 0.250. The van der Waals surface area contributed by atoms with Crippen molar-refractivity contribution in [2.24, 2.45) is 7.05 Å². The summed E-state index contributed by atoms with van der Waals surface area (Å²) in [6, 6.07) is 0. The van der Waals surface area contributed by atoms with Crippen LogP contribution in [-0.4, -0.2) is 21.6 Å². The summed E-state index contributed by atoms with van der Waals surface area (Å²) in [6.45, 7) is 7.74. The molecule has 0 fully saturated rings. The molecule has 0 amide bonds. The quantitative estimate of drug-likeness (QED) is 0.751. The van der Waals surface area contributed by atoms with Crippen molar-refractivity contribution in [2.75, 3.05) is 6.54 Å². The summed E-state index contributed by atoms with van der Waals surface area (Å²) in [5.74, 6) is 1.20. The van der Waals surface area contributed by atoms with E-state index in [0.29, 0.717) is 0 Å². The topological polar surface area (TPSA) is 29.9 Å². The zero-order valence-corrected chi connectivity index (χ0v) is 11.1. The van der Waals surface area contributed by atoms with Crippen LogP contribution in [0.5, 0.6) is 0 Å². The smallest absolute Gasteiger partial charge is 0.108 e. The first kappa shape index (κ1) is 13.2. The molecule has 0 bridgehead atoms. The van der Waals surface area contributed by atoms with Gasteiger partial charge in [0.15, 0.2) is 0 Å². The minimum atomic E-state index is 0.250. The second kappa shape index (κ2) is 6.04. The number of hydrogen-bond donors (Lipinski definition) is 1. The van der Waals surface area contributed by atoms with E-state index < -0.39 is 0 Å². The molecule has 3 nitrogen and oxygen atoms in total. The summed E-state index contributed by atoms with van der Waals surface area (Å²) in [6.07, 6.45) is 8.74. The predicted molar refractivity (Wildman–Crippen MR) is 68.5 cm³/mol. The first-order chi connectivity index (χ1) is 7.49. The standard InChI is InChI=1S/C13H25N3/c1-13(2,3)15-9-7-5-6-8-12-14-10-11-16(12)4/h10-11,15H,5-9H2,1-4H3. The summed E-state index contributed by atoms with van der Waals surface area (Å²) < 4.78 is 2.10. The fourth-order valence-corrected chi connectivity index (χ4v) is 1.69. The molecule has 0 unspecified atom stereocenters. The number of imidazole rings is 1. The van der Waals surface area contributed by atoms with Crippen LogP contribution in [-0.2, 0) is 13.5 Å². The minimum Gasteiger partial charge on any atom is -0.338 e. The van der Waals surface area contributed by atoms with Gasteiger partial charge in [-0.2, -0.15) is 0 Å². The maximum absolute atomic E-state index is 4.32. The summed E-state index contributed by atoms with van der Waals surface area (Å²) in [4.78, 5) is 4.32. The number of nitrogens with one attached hydrogen (secondary N) is 1. The Labute approximate surface area is 99.3 Å². The van der Waals surface area contributed by atoms with Crippen molar-refractivity contribution in [1.82, 2.24) is 14.9 Å². The molecule has 1 aromatic heterocycles. The van der Waals surface area contributed by atoms with Gasteiger partial charge in [-0.05, 0) is 40.2 Å². The third kappa shape index (κ3) is 5.31. The van der Waals surface area contributed by atoms with Gasteiger partial charge in [0.05, 0.1) is 0 Å². The van der Waals surface area contributed by atoms with Crippen LogP contribution in [0.4, 0.5) is 0 Å². The van der Waals surface area contributed by atoms with Crippen LogP contribution in [0.2, 0.25) is 0 Å². The SMILES string of the molecule is Cn1ccnc1CCCCCNC(C)(C)C. The molecule has 16 heavy (non-hydrogen) atoms. The van der Waals surface area contributed by atoms with Crippen molar-refractivity contribution in [1.29, 1.82) is 0 Å². The molecule has 1 rings (SSSR count). The fraction of sp³-hybridized carbons (Fsp3) is 0.769. The molecule has 0 spiro atoms. The van der Waals surface area contributed by atoms with E-state index in [0.717, 1.165) is 13.0 Å². The van der Waals surface area contributed by atoms with Crippen LogP contribution in [0, 0.1) is 0 Å².